The number of anilines is 1. The van der Waals surface area contributed by atoms with Gasteiger partial charge in [0.05, 0.1) is 23.3 Å². The van der Waals surface area contributed by atoms with Gasteiger partial charge in [-0.25, -0.2) is 18.6 Å². The molecule has 0 aliphatic heterocycles. The van der Waals surface area contributed by atoms with Gasteiger partial charge >= 0.3 is 5.97 Å². The predicted molar refractivity (Wildman–Crippen MR) is 165 cm³/mol. The molecule has 4 aromatic carbocycles. The van der Waals surface area contributed by atoms with Gasteiger partial charge in [0.25, 0.3) is 15.9 Å². The van der Waals surface area contributed by atoms with E-state index >= 15 is 0 Å². The zero-order valence-electron chi connectivity index (χ0n) is 22.2. The first-order chi connectivity index (χ1) is 20.1. The molecule has 0 spiro atoms. The molecule has 0 aromatic heterocycles. The van der Waals surface area contributed by atoms with Gasteiger partial charge in [-0.15, -0.1) is 0 Å². The number of nitrogens with zero attached hydrogens (tertiary/aromatic N) is 1. The molecule has 0 atom stereocenters. The monoisotopic (exact) mass is 669 g/mol. The van der Waals surface area contributed by atoms with E-state index in [1.54, 1.807) is 42.5 Å². The second-order valence-corrected chi connectivity index (χ2v) is 11.8. The molecule has 0 fully saturated rings. The van der Waals surface area contributed by atoms with Crippen LogP contribution in [0.1, 0.15) is 39.6 Å². The van der Waals surface area contributed by atoms with Crippen LogP contribution in [-0.2, 0) is 10.0 Å². The Morgan fingerprint density at radius 2 is 1.60 bits per heavy atom. The standard InChI is InChI=1S/C30H25BrClN3O6S/c1-2-17-40-26-12-5-21(6-13-26)30(37)41-28-16-7-23(31)18-22(28)19-33-34-29(36)20-3-10-25(11-4-20)35-42(38,39)27-14-8-24(32)9-15-27/h3-16,18-19,35H,2,17H2,1H3,(H,34,36)/b33-19-. The number of carbonyl (C=O) groups is 2. The molecule has 0 radical (unpaired) electrons. The lowest BCUT2D eigenvalue weighted by Gasteiger charge is -2.09. The Morgan fingerprint density at radius 1 is 0.929 bits per heavy atom. The Labute approximate surface area is 256 Å². The molecule has 9 nitrogen and oxygen atoms in total. The SMILES string of the molecule is CCCOc1ccc(C(=O)Oc2ccc(Br)cc2/C=N\NC(=O)c2ccc(NS(=O)(=O)c3ccc(Cl)cc3)cc2)cc1. The molecule has 4 rings (SSSR count). The molecule has 1 amide bonds. The minimum atomic E-state index is -3.83. The zero-order chi connectivity index (χ0) is 30.1. The first-order valence-corrected chi connectivity index (χ1v) is 15.3. The maximum Gasteiger partial charge on any atom is 0.343 e. The molecular weight excluding hydrogens is 646 g/mol. The van der Waals surface area contributed by atoms with Crippen molar-refractivity contribution < 1.29 is 27.5 Å². The second kappa shape index (κ2) is 14.1. The topological polar surface area (TPSA) is 123 Å². The van der Waals surface area contributed by atoms with Gasteiger partial charge < -0.3 is 9.47 Å². The Kier molecular flexibility index (Phi) is 10.3. The molecule has 0 unspecified atom stereocenters. The summed E-state index contributed by atoms with van der Waals surface area (Å²) in [6.07, 6.45) is 2.22. The zero-order valence-corrected chi connectivity index (χ0v) is 25.4. The molecule has 0 heterocycles. The van der Waals surface area contributed by atoms with Crippen LogP contribution in [-0.4, -0.2) is 33.1 Å². The summed E-state index contributed by atoms with van der Waals surface area (Å²) in [5.41, 5.74) is 3.71. The highest BCUT2D eigenvalue weighted by Crippen LogP contribution is 2.24. The molecule has 4 aromatic rings. The fourth-order valence-electron chi connectivity index (χ4n) is 3.52. The van der Waals surface area contributed by atoms with Gasteiger partial charge in [-0.05, 0) is 97.4 Å². The number of hydrazone groups is 1. The number of rotatable bonds is 11. The molecule has 2 N–H and O–H groups in total. The van der Waals surface area contributed by atoms with Crippen LogP contribution in [0.3, 0.4) is 0 Å². The van der Waals surface area contributed by atoms with Crippen LogP contribution < -0.4 is 19.6 Å². The van der Waals surface area contributed by atoms with E-state index < -0.39 is 21.9 Å². The molecular formula is C30H25BrClN3O6S. The van der Waals surface area contributed by atoms with E-state index in [9.17, 15) is 18.0 Å². The van der Waals surface area contributed by atoms with Crippen molar-refractivity contribution in [3.05, 3.63) is 117 Å². The molecule has 216 valence electrons. The Balaban J connectivity index is 1.38. The van der Waals surface area contributed by atoms with Gasteiger partial charge in [0.1, 0.15) is 11.5 Å². The minimum absolute atomic E-state index is 0.0515. The lowest BCUT2D eigenvalue weighted by atomic mass is 10.2. The van der Waals surface area contributed by atoms with Crippen LogP contribution in [0.15, 0.2) is 105 Å². The number of carbonyl (C=O) groups excluding carboxylic acids is 2. The van der Waals surface area contributed by atoms with Crippen molar-refractivity contribution in [3.8, 4) is 11.5 Å². The first-order valence-electron chi connectivity index (χ1n) is 12.6. The van der Waals surface area contributed by atoms with Gasteiger partial charge in [-0.3, -0.25) is 9.52 Å². The molecule has 12 heteroatoms. The smallest absolute Gasteiger partial charge is 0.343 e. The fraction of sp³-hybridized carbons (Fsp3) is 0.100. The molecule has 0 bridgehead atoms. The summed E-state index contributed by atoms with van der Waals surface area (Å²) in [4.78, 5) is 25.4. The van der Waals surface area contributed by atoms with E-state index in [4.69, 9.17) is 21.1 Å². The molecule has 0 aliphatic carbocycles. The number of nitrogens with one attached hydrogen (secondary N) is 2. The Morgan fingerprint density at radius 3 is 2.26 bits per heavy atom. The number of esters is 1. The largest absolute Gasteiger partial charge is 0.494 e. The van der Waals surface area contributed by atoms with E-state index in [-0.39, 0.29) is 21.9 Å². The number of hydrogen-bond acceptors (Lipinski definition) is 7. The van der Waals surface area contributed by atoms with Crippen molar-refractivity contribution in [2.24, 2.45) is 5.10 Å². The van der Waals surface area contributed by atoms with Gasteiger partial charge in [0.2, 0.25) is 0 Å². The summed E-state index contributed by atoms with van der Waals surface area (Å²) in [7, 11) is -3.83. The third-order valence-electron chi connectivity index (χ3n) is 5.63. The van der Waals surface area contributed by atoms with Gasteiger partial charge in [0.15, 0.2) is 0 Å². The molecule has 0 saturated heterocycles. The summed E-state index contributed by atoms with van der Waals surface area (Å²) in [6.45, 7) is 2.59. The summed E-state index contributed by atoms with van der Waals surface area (Å²) in [6, 6.07) is 23.2. The Hall–Kier alpha value is -4.19. The highest BCUT2D eigenvalue weighted by atomic mass is 79.9. The molecule has 0 aliphatic rings. The van der Waals surface area contributed by atoms with Crippen LogP contribution >= 0.6 is 27.5 Å². The van der Waals surface area contributed by atoms with Gasteiger partial charge in [-0.2, -0.15) is 5.10 Å². The maximum absolute atomic E-state index is 12.7. The average Bonchev–Trinajstić information content (AvgIpc) is 2.98. The number of benzene rings is 4. The highest BCUT2D eigenvalue weighted by Gasteiger charge is 2.15. The predicted octanol–water partition coefficient (Wildman–Crippen LogP) is 6.68. The summed E-state index contributed by atoms with van der Waals surface area (Å²) >= 11 is 9.21. The maximum atomic E-state index is 12.7. The van der Waals surface area contributed by atoms with Gasteiger partial charge in [0, 0.05) is 26.3 Å². The molecule has 0 saturated carbocycles. The number of halogens is 2. The fourth-order valence-corrected chi connectivity index (χ4v) is 5.08. The minimum Gasteiger partial charge on any atom is -0.494 e. The third-order valence-corrected chi connectivity index (χ3v) is 7.77. The lowest BCUT2D eigenvalue weighted by Crippen LogP contribution is -2.18. The van der Waals surface area contributed by atoms with Gasteiger partial charge in [-0.1, -0.05) is 34.5 Å². The quantitative estimate of drug-likeness (QED) is 0.0795. The normalized spacial score (nSPS) is 11.2. The van der Waals surface area contributed by atoms with Crippen molar-refractivity contribution in [2.75, 3.05) is 11.3 Å². The van der Waals surface area contributed by atoms with E-state index in [0.717, 1.165) is 6.42 Å². The van der Waals surface area contributed by atoms with Crippen LogP contribution in [0, 0.1) is 0 Å². The highest BCUT2D eigenvalue weighted by molar-refractivity contribution is 9.10. The van der Waals surface area contributed by atoms with Crippen LogP contribution in [0.25, 0.3) is 0 Å². The van der Waals surface area contributed by atoms with E-state index in [0.29, 0.717) is 33.0 Å². The molecule has 42 heavy (non-hydrogen) atoms. The van der Waals surface area contributed by atoms with Crippen molar-refractivity contribution >= 4 is 61.3 Å². The van der Waals surface area contributed by atoms with Crippen LogP contribution in [0.5, 0.6) is 11.5 Å². The summed E-state index contributed by atoms with van der Waals surface area (Å²) < 4.78 is 39.4. The van der Waals surface area contributed by atoms with E-state index in [1.807, 2.05) is 6.92 Å². The summed E-state index contributed by atoms with van der Waals surface area (Å²) in [5.74, 6) is -0.193. The van der Waals surface area contributed by atoms with Crippen molar-refractivity contribution in [2.45, 2.75) is 18.2 Å². The number of sulfonamides is 1. The van der Waals surface area contributed by atoms with Crippen LogP contribution in [0.4, 0.5) is 5.69 Å². The summed E-state index contributed by atoms with van der Waals surface area (Å²) in [5, 5.41) is 4.41. The van der Waals surface area contributed by atoms with Crippen molar-refractivity contribution in [3.63, 3.8) is 0 Å². The number of hydrogen-bond donors (Lipinski definition) is 2. The Bertz CT molecular complexity index is 1700. The first kappa shape index (κ1) is 30.8. The van der Waals surface area contributed by atoms with E-state index in [1.165, 1.54) is 54.7 Å². The lowest BCUT2D eigenvalue weighted by molar-refractivity contribution is 0.0734. The van der Waals surface area contributed by atoms with Crippen molar-refractivity contribution in [1.82, 2.24) is 5.43 Å². The number of ether oxygens (including phenoxy) is 2. The third kappa shape index (κ3) is 8.41. The van der Waals surface area contributed by atoms with Crippen molar-refractivity contribution in [1.29, 1.82) is 0 Å². The average molecular weight is 671 g/mol. The second-order valence-electron chi connectivity index (χ2n) is 8.78. The van der Waals surface area contributed by atoms with Crippen LogP contribution in [0.2, 0.25) is 5.02 Å². The van der Waals surface area contributed by atoms with E-state index in [2.05, 4.69) is 31.2 Å². The number of amides is 1.